The number of rotatable bonds is 0. The molecule has 0 nitrogen and oxygen atoms in total. The van der Waals surface area contributed by atoms with Crippen molar-refractivity contribution in [2.75, 3.05) is 0 Å². The predicted molar refractivity (Wildman–Crippen MR) is 135 cm³/mol. The van der Waals surface area contributed by atoms with Gasteiger partial charge in [0.2, 0.25) is 0 Å². The fraction of sp³-hybridized carbons (Fsp3) is 0.100. The number of halogens is 7. The minimum absolute atomic E-state index is 0.183. The van der Waals surface area contributed by atoms with Crippen LogP contribution in [0.1, 0.15) is 39.3 Å². The summed E-state index contributed by atoms with van der Waals surface area (Å²) >= 11 is 26.4. The van der Waals surface area contributed by atoms with E-state index in [2.05, 4.69) is 148 Å². The molecule has 0 amide bonds. The Hall–Kier alpha value is 1.02. The lowest BCUT2D eigenvalue weighted by Crippen LogP contribution is -2.38. The van der Waals surface area contributed by atoms with E-state index in [9.17, 15) is 0 Å². The third-order valence-corrected chi connectivity index (χ3v) is 12.1. The Balaban J connectivity index is 1.97. The van der Waals surface area contributed by atoms with Crippen LogP contribution >= 0.6 is 112 Å². The second-order valence-corrected chi connectivity index (χ2v) is 13.0. The summed E-state index contributed by atoms with van der Waals surface area (Å²) < 4.78 is 5.98. The van der Waals surface area contributed by atoms with Gasteiger partial charge in [-0.2, -0.15) is 0 Å². The predicted octanol–water partition coefficient (Wildman–Crippen LogP) is 9.76. The summed E-state index contributed by atoms with van der Waals surface area (Å²) in [7, 11) is 0. The van der Waals surface area contributed by atoms with E-state index in [0.717, 1.165) is 26.8 Å². The van der Waals surface area contributed by atoms with Gasteiger partial charge in [0.1, 0.15) is 4.32 Å². The second-order valence-electron chi connectivity index (χ2n) is 6.65. The third-order valence-electron chi connectivity index (χ3n) is 5.32. The zero-order valence-electron chi connectivity index (χ0n) is 13.2. The average Bonchev–Trinajstić information content (AvgIpc) is 2.60. The van der Waals surface area contributed by atoms with Crippen LogP contribution in [0, 0.1) is 0 Å². The Bertz CT molecular complexity index is 1020. The lowest BCUT2D eigenvalue weighted by molar-refractivity contribution is 0.720. The van der Waals surface area contributed by atoms with Crippen molar-refractivity contribution in [1.29, 1.82) is 0 Å². The van der Waals surface area contributed by atoms with Crippen LogP contribution < -0.4 is 0 Å². The van der Waals surface area contributed by atoms with E-state index in [-0.39, 0.29) is 5.92 Å². The molecule has 6 rings (SSSR count). The Morgan fingerprint density at radius 2 is 0.741 bits per heavy atom. The molecule has 0 aliphatic heterocycles. The van der Waals surface area contributed by atoms with E-state index in [0.29, 0.717) is 0 Å². The molecule has 27 heavy (non-hydrogen) atoms. The van der Waals surface area contributed by atoms with Gasteiger partial charge in [-0.1, -0.05) is 15.9 Å². The molecule has 136 valence electrons. The first-order valence-corrected chi connectivity index (χ1v) is 13.5. The molecule has 3 aromatic carbocycles. The summed E-state index contributed by atoms with van der Waals surface area (Å²) in [6, 6.07) is 13.4. The average molecular weight is 807 g/mol. The van der Waals surface area contributed by atoms with Crippen LogP contribution in [0.15, 0.2) is 63.2 Å². The first-order valence-electron chi connectivity index (χ1n) is 7.90. The molecule has 0 radical (unpaired) electrons. The molecule has 0 fully saturated rings. The molecule has 2 bridgehead atoms. The quantitative estimate of drug-likeness (QED) is 0.199. The molecule has 0 N–H and O–H groups in total. The molecule has 0 spiro atoms. The van der Waals surface area contributed by atoms with Crippen molar-refractivity contribution < 1.29 is 0 Å². The van der Waals surface area contributed by atoms with Crippen LogP contribution in [-0.2, 0) is 4.32 Å². The SMILES string of the molecule is Brc1cc2c(cc1Br)C1(Br)c3cc(Br)c(Br)cc3C2c2cc(Br)c(Br)cc21. The molecule has 0 aromatic heterocycles. The molecule has 3 aromatic rings. The van der Waals surface area contributed by atoms with Gasteiger partial charge >= 0.3 is 0 Å². The first-order chi connectivity index (χ1) is 12.7. The molecule has 7 heteroatoms. The van der Waals surface area contributed by atoms with Gasteiger partial charge in [0.15, 0.2) is 0 Å². The maximum absolute atomic E-state index is 4.20. The largest absolute Gasteiger partial charge is 0.101 e. The van der Waals surface area contributed by atoms with Crippen molar-refractivity contribution in [2.24, 2.45) is 0 Å². The highest BCUT2D eigenvalue weighted by molar-refractivity contribution is 9.13. The second kappa shape index (κ2) is 6.76. The van der Waals surface area contributed by atoms with E-state index in [1.165, 1.54) is 33.4 Å². The smallest absolute Gasteiger partial charge is 0.0695 e. The van der Waals surface area contributed by atoms with Crippen molar-refractivity contribution in [3.63, 3.8) is 0 Å². The van der Waals surface area contributed by atoms with Gasteiger partial charge in [0.25, 0.3) is 0 Å². The van der Waals surface area contributed by atoms with Gasteiger partial charge in [-0.3, -0.25) is 0 Å². The first kappa shape index (κ1) is 20.0. The van der Waals surface area contributed by atoms with Gasteiger partial charge in [0, 0.05) is 32.8 Å². The Labute approximate surface area is 215 Å². The maximum Gasteiger partial charge on any atom is 0.101 e. The number of hydrogen-bond donors (Lipinski definition) is 0. The summed E-state index contributed by atoms with van der Waals surface area (Å²) in [5.41, 5.74) is 7.82. The molecular formula is C20H7Br7. The fourth-order valence-electron chi connectivity index (χ4n) is 4.24. The zero-order chi connectivity index (χ0) is 19.2. The van der Waals surface area contributed by atoms with Gasteiger partial charge in [-0.05, 0) is 165 Å². The summed E-state index contributed by atoms with van der Waals surface area (Å²) in [4.78, 5) is 0. The van der Waals surface area contributed by atoms with Crippen LogP contribution in [0.2, 0.25) is 0 Å². The Kier molecular flexibility index (Phi) is 5.00. The molecule has 0 heterocycles. The maximum atomic E-state index is 4.20. The minimum atomic E-state index is -0.405. The highest BCUT2D eigenvalue weighted by Gasteiger charge is 2.51. The molecule has 3 aliphatic carbocycles. The highest BCUT2D eigenvalue weighted by atomic mass is 79.9. The van der Waals surface area contributed by atoms with Crippen molar-refractivity contribution in [3.8, 4) is 0 Å². The van der Waals surface area contributed by atoms with Crippen molar-refractivity contribution >= 4 is 112 Å². The van der Waals surface area contributed by atoms with E-state index >= 15 is 0 Å². The third kappa shape index (κ3) is 2.71. The lowest BCUT2D eigenvalue weighted by Gasteiger charge is -2.48. The summed E-state index contributed by atoms with van der Waals surface area (Å²) in [5.74, 6) is 0.183. The molecule has 3 aliphatic rings. The summed E-state index contributed by atoms with van der Waals surface area (Å²) in [6.45, 7) is 0. The minimum Gasteiger partial charge on any atom is -0.0695 e. The zero-order valence-corrected chi connectivity index (χ0v) is 24.3. The fourth-order valence-corrected chi connectivity index (χ4v) is 7.38. The van der Waals surface area contributed by atoms with Gasteiger partial charge in [0.05, 0.1) is 0 Å². The van der Waals surface area contributed by atoms with Crippen LogP contribution in [-0.4, -0.2) is 0 Å². The van der Waals surface area contributed by atoms with E-state index in [1.807, 2.05) is 0 Å². The highest BCUT2D eigenvalue weighted by Crippen LogP contribution is 2.64. The molecule has 0 saturated heterocycles. The van der Waals surface area contributed by atoms with Gasteiger partial charge in [-0.15, -0.1) is 0 Å². The Morgan fingerprint density at radius 1 is 0.481 bits per heavy atom. The number of benzene rings is 3. The van der Waals surface area contributed by atoms with Gasteiger partial charge < -0.3 is 0 Å². The molecule has 0 saturated carbocycles. The van der Waals surface area contributed by atoms with Crippen LogP contribution in [0.4, 0.5) is 0 Å². The lowest BCUT2D eigenvalue weighted by atomic mass is 9.61. The molecule has 0 atom stereocenters. The van der Waals surface area contributed by atoms with Crippen molar-refractivity contribution in [3.05, 3.63) is 96.6 Å². The van der Waals surface area contributed by atoms with E-state index < -0.39 is 4.32 Å². The number of alkyl halides is 1. The van der Waals surface area contributed by atoms with Crippen molar-refractivity contribution in [1.82, 2.24) is 0 Å². The standard InChI is InChI=1S/C20H7Br7/c21-13-1-7-10(4-16(13)24)20(27)11-5-17(25)14(22)2-8(11)19(7)9-3-15(23)18(26)6-12(9)20/h1-6,19H. The molecule has 0 unspecified atom stereocenters. The monoisotopic (exact) mass is 799 g/mol. The summed E-state index contributed by atoms with van der Waals surface area (Å²) in [5, 5.41) is 0. The van der Waals surface area contributed by atoms with Crippen molar-refractivity contribution in [2.45, 2.75) is 10.2 Å². The van der Waals surface area contributed by atoms with E-state index in [4.69, 9.17) is 0 Å². The van der Waals surface area contributed by atoms with E-state index in [1.54, 1.807) is 0 Å². The van der Waals surface area contributed by atoms with Crippen LogP contribution in [0.25, 0.3) is 0 Å². The normalized spacial score (nSPS) is 21.7. The Morgan fingerprint density at radius 3 is 1.04 bits per heavy atom. The van der Waals surface area contributed by atoms with Gasteiger partial charge in [-0.25, -0.2) is 0 Å². The van der Waals surface area contributed by atoms with Crippen LogP contribution in [0.3, 0.4) is 0 Å². The topological polar surface area (TPSA) is 0 Å². The summed E-state index contributed by atoms with van der Waals surface area (Å²) in [6.07, 6.45) is 0. The number of hydrogen-bond acceptors (Lipinski definition) is 0. The molecular weight excluding hydrogens is 800 g/mol. The van der Waals surface area contributed by atoms with Crippen LogP contribution in [0.5, 0.6) is 0 Å².